The second kappa shape index (κ2) is 4.74. The lowest BCUT2D eigenvalue weighted by atomic mass is 10.1. The Morgan fingerprint density at radius 2 is 2.11 bits per heavy atom. The Morgan fingerprint density at radius 1 is 1.17 bits per heavy atom. The number of aryl methyl sites for hydroxylation is 1. The van der Waals surface area contributed by atoms with E-state index >= 15 is 0 Å². The summed E-state index contributed by atoms with van der Waals surface area (Å²) < 4.78 is 0. The molecule has 3 aromatic rings. The number of pyridine rings is 1. The molecule has 0 saturated heterocycles. The Hall–Kier alpha value is -1.94. The predicted molar refractivity (Wildman–Crippen MR) is 75.9 cm³/mol. The second-order valence-electron chi connectivity index (χ2n) is 4.11. The van der Waals surface area contributed by atoms with E-state index in [9.17, 15) is 0 Å². The van der Waals surface area contributed by atoms with Crippen molar-refractivity contribution in [1.82, 2.24) is 9.97 Å². The fraction of sp³-hybridized carbons (Fsp3) is 0.143. The van der Waals surface area contributed by atoms with Crippen molar-refractivity contribution in [3.63, 3.8) is 0 Å². The van der Waals surface area contributed by atoms with Gasteiger partial charge in [0.15, 0.2) is 0 Å². The lowest BCUT2D eigenvalue weighted by Crippen LogP contribution is -2.00. The summed E-state index contributed by atoms with van der Waals surface area (Å²) in [6, 6.07) is 8.27. The summed E-state index contributed by atoms with van der Waals surface area (Å²) >= 11 is 1.66. The highest BCUT2D eigenvalue weighted by Crippen LogP contribution is 2.25. The minimum atomic E-state index is 0.755. The van der Waals surface area contributed by atoms with Crippen molar-refractivity contribution in [3.05, 3.63) is 52.6 Å². The molecule has 1 aromatic carbocycles. The Morgan fingerprint density at radius 3 is 2.94 bits per heavy atom. The highest BCUT2D eigenvalue weighted by Gasteiger charge is 2.04. The third kappa shape index (κ3) is 2.07. The first-order chi connectivity index (χ1) is 8.84. The molecule has 2 aromatic heterocycles. The van der Waals surface area contributed by atoms with Crippen LogP contribution < -0.4 is 5.32 Å². The Balaban J connectivity index is 1.94. The summed E-state index contributed by atoms with van der Waals surface area (Å²) in [5.41, 5.74) is 3.37. The van der Waals surface area contributed by atoms with Crippen molar-refractivity contribution in [2.24, 2.45) is 0 Å². The van der Waals surface area contributed by atoms with Crippen LogP contribution in [0.2, 0.25) is 0 Å². The third-order valence-corrected chi connectivity index (χ3v) is 3.66. The van der Waals surface area contributed by atoms with Gasteiger partial charge in [-0.1, -0.05) is 6.07 Å². The van der Waals surface area contributed by atoms with E-state index in [2.05, 4.69) is 40.4 Å². The summed E-state index contributed by atoms with van der Waals surface area (Å²) in [5, 5.41) is 7.67. The smallest absolute Gasteiger partial charge is 0.112 e. The summed E-state index contributed by atoms with van der Waals surface area (Å²) in [5.74, 6) is 0. The van der Waals surface area contributed by atoms with Crippen molar-refractivity contribution in [1.29, 1.82) is 0 Å². The molecule has 0 aliphatic carbocycles. The Bertz CT molecular complexity index is 662. The lowest BCUT2D eigenvalue weighted by molar-refractivity contribution is 1.11. The maximum absolute atomic E-state index is 4.43. The van der Waals surface area contributed by atoms with Gasteiger partial charge in [-0.05, 0) is 30.7 Å². The number of benzene rings is 1. The fourth-order valence-corrected chi connectivity index (χ4v) is 2.54. The van der Waals surface area contributed by atoms with E-state index in [4.69, 9.17) is 0 Å². The van der Waals surface area contributed by atoms with Crippen molar-refractivity contribution in [3.8, 4) is 0 Å². The van der Waals surface area contributed by atoms with Crippen LogP contribution in [0.15, 0.2) is 42.0 Å². The highest BCUT2D eigenvalue weighted by molar-refractivity contribution is 7.09. The SMILES string of the molecule is Cc1ccc(NCc2nccs2)c2cccnc12. The van der Waals surface area contributed by atoms with Crippen LogP contribution in [-0.2, 0) is 6.54 Å². The zero-order chi connectivity index (χ0) is 12.4. The third-order valence-electron chi connectivity index (χ3n) is 2.88. The molecular formula is C14H13N3S. The van der Waals surface area contributed by atoms with Gasteiger partial charge in [0.05, 0.1) is 12.1 Å². The summed E-state index contributed by atoms with van der Waals surface area (Å²) in [6.45, 7) is 2.84. The van der Waals surface area contributed by atoms with Gasteiger partial charge in [0.1, 0.15) is 5.01 Å². The van der Waals surface area contributed by atoms with Gasteiger partial charge in [-0.15, -0.1) is 11.3 Å². The van der Waals surface area contributed by atoms with Gasteiger partial charge in [0.2, 0.25) is 0 Å². The van der Waals surface area contributed by atoms with E-state index in [-0.39, 0.29) is 0 Å². The molecule has 0 unspecified atom stereocenters. The number of nitrogens with one attached hydrogen (secondary N) is 1. The van der Waals surface area contributed by atoms with Gasteiger partial charge in [-0.25, -0.2) is 4.98 Å². The molecule has 0 amide bonds. The molecule has 0 spiro atoms. The zero-order valence-corrected chi connectivity index (χ0v) is 10.9. The molecule has 1 N–H and O–H groups in total. The first-order valence-corrected chi connectivity index (χ1v) is 6.69. The predicted octanol–water partition coefficient (Wildman–Crippen LogP) is 3.61. The topological polar surface area (TPSA) is 37.8 Å². The van der Waals surface area contributed by atoms with Crippen LogP contribution in [0.4, 0.5) is 5.69 Å². The van der Waals surface area contributed by atoms with Crippen LogP contribution in [0.3, 0.4) is 0 Å². The van der Waals surface area contributed by atoms with Gasteiger partial charge >= 0.3 is 0 Å². The minimum absolute atomic E-state index is 0.755. The van der Waals surface area contributed by atoms with Crippen LogP contribution in [0.1, 0.15) is 10.6 Å². The van der Waals surface area contributed by atoms with Gasteiger partial charge in [0.25, 0.3) is 0 Å². The molecule has 90 valence electrons. The van der Waals surface area contributed by atoms with Crippen molar-refractivity contribution in [2.45, 2.75) is 13.5 Å². The quantitative estimate of drug-likeness (QED) is 0.777. The number of nitrogens with zero attached hydrogens (tertiary/aromatic N) is 2. The number of rotatable bonds is 3. The van der Waals surface area contributed by atoms with E-state index < -0.39 is 0 Å². The van der Waals surface area contributed by atoms with Crippen LogP contribution in [-0.4, -0.2) is 9.97 Å². The molecule has 0 fully saturated rings. The lowest BCUT2D eigenvalue weighted by Gasteiger charge is -2.09. The molecule has 3 rings (SSSR count). The Kier molecular flexibility index (Phi) is 2.94. The van der Waals surface area contributed by atoms with E-state index in [1.807, 2.05) is 23.8 Å². The number of anilines is 1. The molecule has 3 nitrogen and oxygen atoms in total. The first-order valence-electron chi connectivity index (χ1n) is 5.81. The highest BCUT2D eigenvalue weighted by atomic mass is 32.1. The number of aromatic nitrogens is 2. The second-order valence-corrected chi connectivity index (χ2v) is 5.09. The first kappa shape index (κ1) is 11.2. The largest absolute Gasteiger partial charge is 0.378 e. The van der Waals surface area contributed by atoms with Gasteiger partial charge in [-0.2, -0.15) is 0 Å². The van der Waals surface area contributed by atoms with E-state index in [0.717, 1.165) is 28.1 Å². The van der Waals surface area contributed by atoms with Crippen molar-refractivity contribution in [2.75, 3.05) is 5.32 Å². The maximum atomic E-state index is 4.43. The summed E-state index contributed by atoms with van der Waals surface area (Å²) in [4.78, 5) is 8.70. The monoisotopic (exact) mass is 255 g/mol. The van der Waals surface area contributed by atoms with Crippen molar-refractivity contribution >= 4 is 27.9 Å². The summed E-state index contributed by atoms with van der Waals surface area (Å²) in [7, 11) is 0. The molecule has 0 saturated carbocycles. The molecule has 4 heteroatoms. The summed E-state index contributed by atoms with van der Waals surface area (Å²) in [6.07, 6.45) is 3.66. The molecule has 0 aliphatic heterocycles. The minimum Gasteiger partial charge on any atom is -0.378 e. The number of hydrogen-bond donors (Lipinski definition) is 1. The molecule has 2 heterocycles. The molecule has 0 aliphatic rings. The average Bonchev–Trinajstić information content (AvgIpc) is 2.92. The molecule has 0 bridgehead atoms. The van der Waals surface area contributed by atoms with Gasteiger partial charge < -0.3 is 5.32 Å². The van der Waals surface area contributed by atoms with E-state index in [1.165, 1.54) is 5.56 Å². The van der Waals surface area contributed by atoms with E-state index in [1.54, 1.807) is 11.3 Å². The fourth-order valence-electron chi connectivity index (χ4n) is 1.98. The average molecular weight is 255 g/mol. The number of thiazole rings is 1. The van der Waals surface area contributed by atoms with Gasteiger partial charge in [0, 0.05) is 28.8 Å². The normalized spacial score (nSPS) is 10.7. The van der Waals surface area contributed by atoms with Gasteiger partial charge in [-0.3, -0.25) is 4.98 Å². The van der Waals surface area contributed by atoms with Crippen LogP contribution in [0.25, 0.3) is 10.9 Å². The van der Waals surface area contributed by atoms with Crippen LogP contribution in [0, 0.1) is 6.92 Å². The molecular weight excluding hydrogens is 242 g/mol. The number of fused-ring (bicyclic) bond motifs is 1. The van der Waals surface area contributed by atoms with Crippen LogP contribution in [0.5, 0.6) is 0 Å². The number of hydrogen-bond acceptors (Lipinski definition) is 4. The van der Waals surface area contributed by atoms with E-state index in [0.29, 0.717) is 0 Å². The zero-order valence-electron chi connectivity index (χ0n) is 10.1. The maximum Gasteiger partial charge on any atom is 0.112 e. The molecule has 18 heavy (non-hydrogen) atoms. The molecule has 0 atom stereocenters. The van der Waals surface area contributed by atoms with Crippen molar-refractivity contribution < 1.29 is 0 Å². The van der Waals surface area contributed by atoms with Crippen LogP contribution >= 0.6 is 11.3 Å². The Labute approximate surface area is 110 Å². The molecule has 0 radical (unpaired) electrons. The standard InChI is InChI=1S/C14H13N3S/c1-10-4-5-12(11-3-2-6-16-14(10)11)17-9-13-15-7-8-18-13/h2-8,17H,9H2,1H3.